The summed E-state index contributed by atoms with van der Waals surface area (Å²) in [6, 6.07) is 3.93. The van der Waals surface area contributed by atoms with Crippen LogP contribution in [0.1, 0.15) is 54.8 Å². The number of carbonyl (C=O) groups is 1. The number of aryl methyl sites for hydroxylation is 2. The van der Waals surface area contributed by atoms with E-state index in [2.05, 4.69) is 20.7 Å². The second-order valence-corrected chi connectivity index (χ2v) is 7.89. The lowest BCUT2D eigenvalue weighted by Crippen LogP contribution is -2.42. The highest BCUT2D eigenvalue weighted by molar-refractivity contribution is 7.09. The Hall–Kier alpha value is -1.79. The average Bonchev–Trinajstić information content (AvgIpc) is 3.03. The summed E-state index contributed by atoms with van der Waals surface area (Å²) < 4.78 is 0. The molecule has 0 aliphatic heterocycles. The molecule has 0 aromatic carbocycles. The fourth-order valence-corrected chi connectivity index (χ4v) is 4.07. The van der Waals surface area contributed by atoms with E-state index in [1.807, 2.05) is 19.1 Å². The molecule has 1 aliphatic carbocycles. The number of rotatable bonds is 6. The highest BCUT2D eigenvalue weighted by Gasteiger charge is 2.35. The summed E-state index contributed by atoms with van der Waals surface area (Å²) in [6.07, 6.45) is 8.55. The van der Waals surface area contributed by atoms with Gasteiger partial charge in [-0.3, -0.25) is 9.78 Å². The van der Waals surface area contributed by atoms with Gasteiger partial charge in [-0.2, -0.15) is 0 Å². The van der Waals surface area contributed by atoms with Crippen LogP contribution >= 0.6 is 11.3 Å². The Morgan fingerprint density at radius 1 is 1.44 bits per heavy atom. The molecule has 1 amide bonds. The van der Waals surface area contributed by atoms with Gasteiger partial charge < -0.3 is 10.4 Å². The Morgan fingerprint density at radius 2 is 2.24 bits per heavy atom. The minimum atomic E-state index is -0.808. The van der Waals surface area contributed by atoms with Crippen LogP contribution in [0.4, 0.5) is 0 Å². The highest BCUT2D eigenvalue weighted by atomic mass is 32.1. The lowest BCUT2D eigenvalue weighted by atomic mass is 9.78. The summed E-state index contributed by atoms with van der Waals surface area (Å²) in [5.41, 5.74) is 1.14. The van der Waals surface area contributed by atoms with Crippen molar-refractivity contribution in [1.82, 2.24) is 15.3 Å². The van der Waals surface area contributed by atoms with Crippen molar-refractivity contribution in [2.75, 3.05) is 0 Å². The van der Waals surface area contributed by atoms with Gasteiger partial charge in [0.2, 0.25) is 5.91 Å². The number of aromatic nitrogens is 2. The number of nitrogens with one attached hydrogen (secondary N) is 1. The molecular weight excluding hydrogens is 334 g/mol. The number of pyridine rings is 1. The first-order valence-corrected chi connectivity index (χ1v) is 9.76. The van der Waals surface area contributed by atoms with E-state index in [4.69, 9.17) is 0 Å². The van der Waals surface area contributed by atoms with Gasteiger partial charge in [0, 0.05) is 35.8 Å². The molecule has 134 valence electrons. The van der Waals surface area contributed by atoms with E-state index in [0.29, 0.717) is 19.3 Å². The quantitative estimate of drug-likeness (QED) is 0.831. The van der Waals surface area contributed by atoms with E-state index in [1.165, 1.54) is 0 Å². The summed E-state index contributed by atoms with van der Waals surface area (Å²) >= 11 is 1.65. The molecular formula is C19H25N3O2S. The predicted molar refractivity (Wildman–Crippen MR) is 98.3 cm³/mol. The minimum absolute atomic E-state index is 0.101. The molecule has 25 heavy (non-hydrogen) atoms. The second kappa shape index (κ2) is 8.06. The van der Waals surface area contributed by atoms with Crippen molar-refractivity contribution in [1.29, 1.82) is 0 Å². The maximum Gasteiger partial charge on any atom is 0.220 e. The second-order valence-electron chi connectivity index (χ2n) is 6.83. The van der Waals surface area contributed by atoms with Gasteiger partial charge in [-0.05, 0) is 51.5 Å². The summed E-state index contributed by atoms with van der Waals surface area (Å²) in [5.74, 6) is 0.101. The van der Waals surface area contributed by atoms with Gasteiger partial charge in [-0.25, -0.2) is 4.98 Å². The zero-order valence-electron chi connectivity index (χ0n) is 14.6. The number of hydrogen-bond acceptors (Lipinski definition) is 5. The van der Waals surface area contributed by atoms with Crippen LogP contribution in [0.3, 0.4) is 0 Å². The molecule has 5 nitrogen and oxygen atoms in total. The Morgan fingerprint density at radius 3 is 2.88 bits per heavy atom. The predicted octanol–water partition coefficient (Wildman–Crippen LogP) is 3.12. The Bertz CT molecular complexity index is 694. The van der Waals surface area contributed by atoms with Crippen LogP contribution in [0.2, 0.25) is 0 Å². The van der Waals surface area contributed by atoms with Crippen molar-refractivity contribution in [2.45, 2.75) is 63.5 Å². The summed E-state index contributed by atoms with van der Waals surface area (Å²) in [4.78, 5) is 20.7. The molecule has 3 rings (SSSR count). The Kier molecular flexibility index (Phi) is 5.81. The van der Waals surface area contributed by atoms with Crippen LogP contribution in [0, 0.1) is 6.92 Å². The summed E-state index contributed by atoms with van der Waals surface area (Å²) in [6.45, 7) is 2.00. The van der Waals surface area contributed by atoms with Gasteiger partial charge in [0.05, 0.1) is 16.3 Å². The highest BCUT2D eigenvalue weighted by Crippen LogP contribution is 2.36. The molecule has 0 unspecified atom stereocenters. The van der Waals surface area contributed by atoms with Gasteiger partial charge in [-0.1, -0.05) is 6.07 Å². The number of thiazole rings is 1. The first-order valence-electron chi connectivity index (χ1n) is 8.88. The van der Waals surface area contributed by atoms with E-state index >= 15 is 0 Å². The molecule has 1 fully saturated rings. The van der Waals surface area contributed by atoms with Gasteiger partial charge in [0.15, 0.2) is 0 Å². The van der Waals surface area contributed by atoms with E-state index in [-0.39, 0.29) is 11.9 Å². The van der Waals surface area contributed by atoms with Gasteiger partial charge in [0.1, 0.15) is 0 Å². The molecule has 0 radical (unpaired) electrons. The number of hydrogen-bond donors (Lipinski definition) is 2. The van der Waals surface area contributed by atoms with E-state index < -0.39 is 5.60 Å². The van der Waals surface area contributed by atoms with Crippen LogP contribution < -0.4 is 5.32 Å². The standard InChI is InChI=1S/C19H25N3O2S/c1-14-21-17(13-25-14)5-2-6-18(23)22-16-7-9-19(24,10-8-16)15-4-3-11-20-12-15/h3-4,11-13,16,24H,2,5-10H2,1H3,(H,22,23). The number of aliphatic hydroxyl groups is 1. The molecule has 2 aromatic rings. The van der Waals surface area contributed by atoms with Crippen molar-refractivity contribution in [2.24, 2.45) is 0 Å². The third-order valence-electron chi connectivity index (χ3n) is 4.88. The molecule has 1 aliphatic rings. The van der Waals surface area contributed by atoms with Crippen LogP contribution in [-0.2, 0) is 16.8 Å². The van der Waals surface area contributed by atoms with E-state index in [9.17, 15) is 9.90 Å². The number of carbonyl (C=O) groups excluding carboxylic acids is 1. The third-order valence-corrected chi connectivity index (χ3v) is 5.70. The molecule has 2 aromatic heterocycles. The zero-order valence-corrected chi connectivity index (χ0v) is 15.4. The van der Waals surface area contributed by atoms with Crippen LogP contribution in [0.5, 0.6) is 0 Å². The van der Waals surface area contributed by atoms with Crippen molar-refractivity contribution >= 4 is 17.2 Å². The lowest BCUT2D eigenvalue weighted by Gasteiger charge is -2.36. The van der Waals surface area contributed by atoms with Crippen molar-refractivity contribution in [3.8, 4) is 0 Å². The van der Waals surface area contributed by atoms with Gasteiger partial charge in [-0.15, -0.1) is 11.3 Å². The van der Waals surface area contributed by atoms with E-state index in [1.54, 1.807) is 23.7 Å². The zero-order chi connectivity index (χ0) is 17.7. The number of nitrogens with zero attached hydrogens (tertiary/aromatic N) is 2. The normalized spacial score (nSPS) is 23.4. The smallest absolute Gasteiger partial charge is 0.220 e. The van der Waals surface area contributed by atoms with Crippen LogP contribution in [0.15, 0.2) is 29.9 Å². The lowest BCUT2D eigenvalue weighted by molar-refractivity contribution is -0.122. The van der Waals surface area contributed by atoms with Crippen LogP contribution in [0.25, 0.3) is 0 Å². The van der Waals surface area contributed by atoms with Crippen LogP contribution in [-0.4, -0.2) is 27.0 Å². The molecule has 6 heteroatoms. The number of amides is 1. The molecule has 0 atom stereocenters. The molecule has 2 heterocycles. The topological polar surface area (TPSA) is 75.1 Å². The first kappa shape index (κ1) is 18.0. The van der Waals surface area contributed by atoms with E-state index in [0.717, 1.165) is 41.9 Å². The monoisotopic (exact) mass is 359 g/mol. The molecule has 0 spiro atoms. The SMILES string of the molecule is Cc1nc(CCCC(=O)NC2CCC(O)(c3cccnc3)CC2)cs1. The Labute approximate surface area is 152 Å². The van der Waals surface area contributed by atoms with Crippen molar-refractivity contribution in [3.63, 3.8) is 0 Å². The first-order chi connectivity index (χ1) is 12.0. The van der Waals surface area contributed by atoms with Gasteiger partial charge >= 0.3 is 0 Å². The largest absolute Gasteiger partial charge is 0.385 e. The maximum atomic E-state index is 12.1. The summed E-state index contributed by atoms with van der Waals surface area (Å²) in [7, 11) is 0. The Balaban J connectivity index is 1.40. The maximum absolute atomic E-state index is 12.1. The van der Waals surface area contributed by atoms with Crippen molar-refractivity contribution in [3.05, 3.63) is 46.2 Å². The molecule has 0 bridgehead atoms. The fraction of sp³-hybridized carbons (Fsp3) is 0.526. The molecule has 0 saturated heterocycles. The molecule has 1 saturated carbocycles. The molecule has 2 N–H and O–H groups in total. The van der Waals surface area contributed by atoms with Crippen molar-refractivity contribution < 1.29 is 9.90 Å². The minimum Gasteiger partial charge on any atom is -0.385 e. The van der Waals surface area contributed by atoms with Gasteiger partial charge in [0.25, 0.3) is 0 Å². The summed E-state index contributed by atoms with van der Waals surface area (Å²) in [5, 5.41) is 17.1. The third kappa shape index (κ3) is 4.86. The fourth-order valence-electron chi connectivity index (χ4n) is 3.42. The average molecular weight is 359 g/mol.